The van der Waals surface area contributed by atoms with Crippen molar-refractivity contribution in [2.45, 2.75) is 32.7 Å². The van der Waals surface area contributed by atoms with E-state index in [4.69, 9.17) is 4.52 Å². The number of rotatable bonds is 4. The fourth-order valence-electron chi connectivity index (χ4n) is 2.98. The minimum atomic E-state index is -0.424. The number of piperidine rings is 1. The van der Waals surface area contributed by atoms with E-state index in [0.29, 0.717) is 35.7 Å². The first-order valence-corrected chi connectivity index (χ1v) is 7.70. The molecule has 1 aliphatic heterocycles. The van der Waals surface area contributed by atoms with Gasteiger partial charge in [-0.25, -0.2) is 0 Å². The van der Waals surface area contributed by atoms with Crippen LogP contribution in [-0.4, -0.2) is 28.6 Å². The molecule has 1 fully saturated rings. The predicted molar refractivity (Wildman–Crippen MR) is 87.7 cm³/mol. The van der Waals surface area contributed by atoms with Crippen molar-refractivity contribution < 1.29 is 14.2 Å². The minimum Gasteiger partial charge on any atom is -0.376 e. The van der Waals surface area contributed by atoms with Gasteiger partial charge in [-0.2, -0.15) is 0 Å². The fourth-order valence-corrected chi connectivity index (χ4v) is 2.98. The number of benzene rings is 1. The maximum atomic E-state index is 11.5. The summed E-state index contributed by atoms with van der Waals surface area (Å²) >= 11 is 0. The molecule has 8 nitrogen and oxygen atoms in total. The highest BCUT2D eigenvalue weighted by atomic mass is 16.6. The number of nitrogens with one attached hydrogen (secondary N) is 2. The number of carbonyl (C=O) groups is 1. The Morgan fingerprint density at radius 3 is 2.83 bits per heavy atom. The van der Waals surface area contributed by atoms with Crippen molar-refractivity contribution in [2.24, 2.45) is 0 Å². The second-order valence-corrected chi connectivity index (χ2v) is 5.87. The molecule has 0 radical (unpaired) electrons. The third kappa shape index (κ3) is 3.08. The molecule has 0 aliphatic carbocycles. The summed E-state index contributed by atoms with van der Waals surface area (Å²) in [5, 5.41) is 21.2. The van der Waals surface area contributed by atoms with E-state index < -0.39 is 4.92 Å². The molecule has 0 saturated carbocycles. The molecule has 1 unspecified atom stereocenters. The minimum absolute atomic E-state index is 0.0292. The first-order valence-electron chi connectivity index (χ1n) is 7.70. The Bertz CT molecular complexity index is 780. The van der Waals surface area contributed by atoms with E-state index in [1.165, 1.54) is 6.07 Å². The Morgan fingerprint density at radius 1 is 1.42 bits per heavy atom. The summed E-state index contributed by atoms with van der Waals surface area (Å²) in [4.78, 5) is 22.5. The number of aryl methyl sites for hydroxylation is 2. The van der Waals surface area contributed by atoms with Crippen LogP contribution in [-0.2, 0) is 4.79 Å². The monoisotopic (exact) mass is 330 g/mol. The normalized spacial score (nSPS) is 17.4. The van der Waals surface area contributed by atoms with Gasteiger partial charge in [-0.1, -0.05) is 11.2 Å². The molecule has 1 aromatic heterocycles. The summed E-state index contributed by atoms with van der Waals surface area (Å²) in [7, 11) is 0. The Morgan fingerprint density at radius 2 is 2.21 bits per heavy atom. The highest BCUT2D eigenvalue weighted by Crippen LogP contribution is 2.34. The molecule has 1 atom stereocenters. The van der Waals surface area contributed by atoms with Crippen LogP contribution in [0.3, 0.4) is 0 Å². The molecule has 1 aromatic carbocycles. The highest BCUT2D eigenvalue weighted by Gasteiger charge is 2.23. The molecule has 2 heterocycles. The highest BCUT2D eigenvalue weighted by molar-refractivity contribution is 5.79. The van der Waals surface area contributed by atoms with Crippen LogP contribution in [0.5, 0.6) is 0 Å². The quantitative estimate of drug-likeness (QED) is 0.658. The van der Waals surface area contributed by atoms with Crippen molar-refractivity contribution in [1.29, 1.82) is 0 Å². The van der Waals surface area contributed by atoms with Crippen molar-refractivity contribution in [3.8, 4) is 11.1 Å². The van der Waals surface area contributed by atoms with E-state index in [1.54, 1.807) is 26.0 Å². The smallest absolute Gasteiger partial charge is 0.292 e. The number of hydrogen-bond donors (Lipinski definition) is 2. The summed E-state index contributed by atoms with van der Waals surface area (Å²) in [5.74, 6) is 0.570. The molecule has 0 spiro atoms. The summed E-state index contributed by atoms with van der Waals surface area (Å²) in [6.07, 6.45) is 1.04. The summed E-state index contributed by atoms with van der Waals surface area (Å²) in [6, 6.07) is 4.87. The van der Waals surface area contributed by atoms with Gasteiger partial charge in [-0.3, -0.25) is 14.9 Å². The molecule has 0 bridgehead atoms. The lowest BCUT2D eigenvalue weighted by molar-refractivity contribution is -0.383. The molecule has 2 aromatic rings. The number of carbonyl (C=O) groups excluding carboxylic acids is 1. The number of hydrogen-bond acceptors (Lipinski definition) is 6. The summed E-state index contributed by atoms with van der Waals surface area (Å²) < 4.78 is 5.13. The van der Waals surface area contributed by atoms with Crippen LogP contribution < -0.4 is 10.6 Å². The van der Waals surface area contributed by atoms with Gasteiger partial charge in [-0.05, 0) is 31.9 Å². The zero-order valence-electron chi connectivity index (χ0n) is 13.5. The number of anilines is 1. The van der Waals surface area contributed by atoms with Crippen molar-refractivity contribution >= 4 is 17.3 Å². The van der Waals surface area contributed by atoms with Crippen LogP contribution in [0.15, 0.2) is 22.7 Å². The SMILES string of the molecule is Cc1noc(C)c1-c1ccc(NC2CCNC(=O)C2)c([N+](=O)[O-])c1. The molecule has 1 aliphatic rings. The van der Waals surface area contributed by atoms with Crippen LogP contribution in [0.25, 0.3) is 11.1 Å². The standard InChI is InChI=1S/C16H18N4O4/c1-9-16(10(2)24-19-9)11-3-4-13(14(7-11)20(22)23)18-12-5-6-17-15(21)8-12/h3-4,7,12,18H,5-6,8H2,1-2H3,(H,17,21). The van der Waals surface area contributed by atoms with Crippen LogP contribution >= 0.6 is 0 Å². The number of nitro benzene ring substituents is 1. The Hall–Kier alpha value is -2.90. The topological polar surface area (TPSA) is 110 Å². The van der Waals surface area contributed by atoms with Crippen LogP contribution in [0, 0.1) is 24.0 Å². The first kappa shape index (κ1) is 16.0. The van der Waals surface area contributed by atoms with Gasteiger partial charge in [0.2, 0.25) is 5.91 Å². The van der Waals surface area contributed by atoms with Crippen LogP contribution in [0.4, 0.5) is 11.4 Å². The Labute approximate surface area is 138 Å². The molecular weight excluding hydrogens is 312 g/mol. The van der Waals surface area contributed by atoms with E-state index in [9.17, 15) is 14.9 Å². The second kappa shape index (κ2) is 6.31. The van der Waals surface area contributed by atoms with E-state index in [2.05, 4.69) is 15.8 Å². The fraction of sp³-hybridized carbons (Fsp3) is 0.375. The van der Waals surface area contributed by atoms with Gasteiger partial charge < -0.3 is 15.2 Å². The lowest BCUT2D eigenvalue weighted by atomic mass is 10.0. The molecular formula is C16H18N4O4. The van der Waals surface area contributed by atoms with Gasteiger partial charge in [0.1, 0.15) is 11.4 Å². The summed E-state index contributed by atoms with van der Waals surface area (Å²) in [6.45, 7) is 4.14. The van der Waals surface area contributed by atoms with Gasteiger partial charge in [-0.15, -0.1) is 0 Å². The average Bonchev–Trinajstić information content (AvgIpc) is 2.87. The van der Waals surface area contributed by atoms with E-state index >= 15 is 0 Å². The van der Waals surface area contributed by atoms with Gasteiger partial charge in [0.15, 0.2) is 0 Å². The van der Waals surface area contributed by atoms with Crippen molar-refractivity contribution in [1.82, 2.24) is 10.5 Å². The molecule has 1 amide bonds. The number of nitro groups is 1. The molecule has 3 rings (SSSR count). The average molecular weight is 330 g/mol. The van der Waals surface area contributed by atoms with Crippen molar-refractivity contribution in [3.05, 3.63) is 39.8 Å². The van der Waals surface area contributed by atoms with E-state index in [0.717, 1.165) is 12.0 Å². The maximum absolute atomic E-state index is 11.5. The largest absolute Gasteiger partial charge is 0.376 e. The number of nitrogens with zero attached hydrogens (tertiary/aromatic N) is 2. The van der Waals surface area contributed by atoms with Gasteiger partial charge in [0, 0.05) is 30.6 Å². The molecule has 1 saturated heterocycles. The Balaban J connectivity index is 1.93. The number of amides is 1. The van der Waals surface area contributed by atoms with Crippen molar-refractivity contribution in [3.63, 3.8) is 0 Å². The lowest BCUT2D eigenvalue weighted by Crippen LogP contribution is -2.39. The second-order valence-electron chi connectivity index (χ2n) is 5.87. The number of aromatic nitrogens is 1. The first-order chi connectivity index (χ1) is 11.5. The summed E-state index contributed by atoms with van der Waals surface area (Å²) in [5.41, 5.74) is 2.52. The van der Waals surface area contributed by atoms with Crippen LogP contribution in [0.1, 0.15) is 24.3 Å². The lowest BCUT2D eigenvalue weighted by Gasteiger charge is -2.24. The van der Waals surface area contributed by atoms with Gasteiger partial charge >= 0.3 is 0 Å². The molecule has 24 heavy (non-hydrogen) atoms. The van der Waals surface area contributed by atoms with Gasteiger partial charge in [0.25, 0.3) is 5.69 Å². The predicted octanol–water partition coefficient (Wildman–Crippen LogP) is 2.56. The third-order valence-corrected chi connectivity index (χ3v) is 4.12. The van der Waals surface area contributed by atoms with Crippen molar-refractivity contribution in [2.75, 3.05) is 11.9 Å². The zero-order chi connectivity index (χ0) is 17.3. The van der Waals surface area contributed by atoms with Crippen LogP contribution in [0.2, 0.25) is 0 Å². The van der Waals surface area contributed by atoms with E-state index in [-0.39, 0.29) is 17.6 Å². The molecule has 8 heteroatoms. The third-order valence-electron chi connectivity index (χ3n) is 4.12. The molecule has 126 valence electrons. The maximum Gasteiger partial charge on any atom is 0.292 e. The van der Waals surface area contributed by atoms with Gasteiger partial charge in [0.05, 0.1) is 10.6 Å². The molecule has 2 N–H and O–H groups in total. The van der Waals surface area contributed by atoms with E-state index in [1.807, 2.05) is 0 Å². The zero-order valence-corrected chi connectivity index (χ0v) is 13.5. The Kier molecular flexibility index (Phi) is 4.20.